The first-order chi connectivity index (χ1) is 12.6. The van der Waals surface area contributed by atoms with Crippen molar-refractivity contribution in [2.24, 2.45) is 0 Å². The molecule has 1 atom stereocenters. The fourth-order valence-corrected chi connectivity index (χ4v) is 3.17. The van der Waals surface area contributed by atoms with Crippen LogP contribution in [0.1, 0.15) is 41.6 Å². The van der Waals surface area contributed by atoms with Crippen molar-refractivity contribution in [2.45, 2.75) is 25.7 Å². The van der Waals surface area contributed by atoms with Gasteiger partial charge in [-0.25, -0.2) is 0 Å². The monoisotopic (exact) mass is 355 g/mol. The number of hydrogen-bond donors (Lipinski definition) is 0. The number of Topliss-reactive ketones (excluding diaryl/α,β-unsaturated/α-hetero) is 1. The molecule has 140 valence electrons. The minimum absolute atomic E-state index is 0.141. The van der Waals surface area contributed by atoms with Gasteiger partial charge in [-0.1, -0.05) is 43.3 Å². The Morgan fingerprint density at radius 2 is 1.69 bits per heavy atom. The van der Waals surface area contributed by atoms with E-state index in [2.05, 4.69) is 18.9 Å². The maximum atomic E-state index is 13.2. The molecule has 0 N–H and O–H groups in total. The highest BCUT2D eigenvalue weighted by Crippen LogP contribution is 2.33. The SMILES string of the molecule is CCCN(C)CCC(C(=O)c1ccccc1)c1ccc(OC)c(OC)c1. The molecule has 2 aromatic rings. The van der Waals surface area contributed by atoms with Crippen molar-refractivity contribution in [1.29, 1.82) is 0 Å². The average molecular weight is 355 g/mol. The number of benzene rings is 2. The Bertz CT molecular complexity index is 700. The Hall–Kier alpha value is -2.33. The number of ether oxygens (including phenoxy) is 2. The van der Waals surface area contributed by atoms with Crippen molar-refractivity contribution in [3.05, 3.63) is 59.7 Å². The van der Waals surface area contributed by atoms with Crippen LogP contribution in [0.3, 0.4) is 0 Å². The topological polar surface area (TPSA) is 38.8 Å². The first-order valence-corrected chi connectivity index (χ1v) is 9.10. The number of carbonyl (C=O) groups is 1. The molecule has 0 fully saturated rings. The summed E-state index contributed by atoms with van der Waals surface area (Å²) in [4.78, 5) is 15.4. The van der Waals surface area contributed by atoms with Crippen molar-refractivity contribution in [3.63, 3.8) is 0 Å². The standard InChI is InChI=1S/C22H29NO3/c1-5-14-23(2)15-13-19(22(24)17-9-7-6-8-10-17)18-11-12-20(25-3)21(16-18)26-4/h6-12,16,19H,5,13-15H2,1-4H3. The molecule has 0 aliphatic heterocycles. The van der Waals surface area contributed by atoms with Gasteiger partial charge in [-0.05, 0) is 50.7 Å². The number of carbonyl (C=O) groups excluding carboxylic acids is 1. The molecule has 0 aliphatic rings. The van der Waals surface area contributed by atoms with E-state index in [1.807, 2.05) is 48.5 Å². The lowest BCUT2D eigenvalue weighted by Gasteiger charge is -2.22. The zero-order chi connectivity index (χ0) is 18.9. The van der Waals surface area contributed by atoms with Crippen molar-refractivity contribution in [3.8, 4) is 11.5 Å². The molecule has 2 rings (SSSR count). The zero-order valence-corrected chi connectivity index (χ0v) is 16.2. The molecule has 26 heavy (non-hydrogen) atoms. The summed E-state index contributed by atoms with van der Waals surface area (Å²) in [7, 11) is 5.33. The minimum atomic E-state index is -0.212. The number of nitrogens with zero attached hydrogens (tertiary/aromatic N) is 1. The van der Waals surface area contributed by atoms with Gasteiger partial charge >= 0.3 is 0 Å². The fraction of sp³-hybridized carbons (Fsp3) is 0.409. The second-order valence-corrected chi connectivity index (χ2v) is 6.49. The number of methoxy groups -OCH3 is 2. The van der Waals surface area contributed by atoms with E-state index in [0.29, 0.717) is 11.5 Å². The van der Waals surface area contributed by atoms with Crippen LogP contribution in [0.4, 0.5) is 0 Å². The lowest BCUT2D eigenvalue weighted by Crippen LogP contribution is -2.24. The Labute approximate surface area is 156 Å². The van der Waals surface area contributed by atoms with Crippen molar-refractivity contribution in [1.82, 2.24) is 4.90 Å². The minimum Gasteiger partial charge on any atom is -0.493 e. The van der Waals surface area contributed by atoms with Gasteiger partial charge in [0.15, 0.2) is 17.3 Å². The van der Waals surface area contributed by atoms with Crippen molar-refractivity contribution >= 4 is 5.78 Å². The lowest BCUT2D eigenvalue weighted by molar-refractivity contribution is 0.0949. The lowest BCUT2D eigenvalue weighted by atomic mass is 9.87. The third kappa shape index (κ3) is 5.09. The summed E-state index contributed by atoms with van der Waals surface area (Å²) in [5.74, 6) is 1.25. The maximum Gasteiger partial charge on any atom is 0.170 e. The van der Waals surface area contributed by atoms with E-state index in [-0.39, 0.29) is 11.7 Å². The largest absolute Gasteiger partial charge is 0.493 e. The molecule has 0 heterocycles. The molecular weight excluding hydrogens is 326 g/mol. The van der Waals surface area contributed by atoms with Crippen LogP contribution < -0.4 is 9.47 Å². The summed E-state index contributed by atoms with van der Waals surface area (Å²) < 4.78 is 10.8. The number of rotatable bonds is 10. The van der Waals surface area contributed by atoms with Crippen LogP contribution in [0.5, 0.6) is 11.5 Å². The first kappa shape index (κ1) is 20.0. The molecule has 4 heteroatoms. The van der Waals surface area contributed by atoms with Crippen molar-refractivity contribution < 1.29 is 14.3 Å². The Morgan fingerprint density at radius 1 is 1.00 bits per heavy atom. The van der Waals surface area contributed by atoms with Gasteiger partial charge in [-0.3, -0.25) is 4.79 Å². The molecule has 4 nitrogen and oxygen atoms in total. The van der Waals surface area contributed by atoms with E-state index >= 15 is 0 Å². The molecule has 0 saturated carbocycles. The molecule has 0 amide bonds. The molecule has 0 aromatic heterocycles. The third-order valence-corrected chi connectivity index (χ3v) is 4.59. The molecule has 2 aromatic carbocycles. The predicted molar refractivity (Wildman–Crippen MR) is 105 cm³/mol. The van der Waals surface area contributed by atoms with Gasteiger partial charge in [0.25, 0.3) is 0 Å². The summed E-state index contributed by atoms with van der Waals surface area (Å²) in [5, 5.41) is 0. The molecule has 0 saturated heterocycles. The summed E-state index contributed by atoms with van der Waals surface area (Å²) in [6.45, 7) is 4.06. The second-order valence-electron chi connectivity index (χ2n) is 6.49. The van der Waals surface area contributed by atoms with Gasteiger partial charge in [0.05, 0.1) is 14.2 Å². The molecule has 0 spiro atoms. The van der Waals surface area contributed by atoms with Gasteiger partial charge in [0, 0.05) is 11.5 Å². The van der Waals surface area contributed by atoms with E-state index in [1.54, 1.807) is 14.2 Å². The summed E-state index contributed by atoms with van der Waals surface area (Å²) in [6, 6.07) is 15.3. The van der Waals surface area contributed by atoms with E-state index in [9.17, 15) is 4.79 Å². The molecule has 1 unspecified atom stereocenters. The highest BCUT2D eigenvalue weighted by atomic mass is 16.5. The first-order valence-electron chi connectivity index (χ1n) is 9.10. The Balaban J connectivity index is 2.32. The number of ketones is 1. The van der Waals surface area contributed by atoms with Crippen LogP contribution >= 0.6 is 0 Å². The van der Waals surface area contributed by atoms with Gasteiger partial charge in [-0.2, -0.15) is 0 Å². The number of hydrogen-bond acceptors (Lipinski definition) is 4. The van der Waals surface area contributed by atoms with Crippen LogP contribution in [0, 0.1) is 0 Å². The van der Waals surface area contributed by atoms with Gasteiger partial charge in [0.2, 0.25) is 0 Å². The van der Waals surface area contributed by atoms with E-state index in [4.69, 9.17) is 9.47 Å². The smallest absolute Gasteiger partial charge is 0.170 e. The van der Waals surface area contributed by atoms with Crippen LogP contribution in [0.15, 0.2) is 48.5 Å². The van der Waals surface area contributed by atoms with Crippen LogP contribution in [-0.4, -0.2) is 45.0 Å². The fourth-order valence-electron chi connectivity index (χ4n) is 3.17. The van der Waals surface area contributed by atoms with Crippen molar-refractivity contribution in [2.75, 3.05) is 34.4 Å². The van der Waals surface area contributed by atoms with E-state index in [1.165, 1.54) is 0 Å². The molecule has 0 aliphatic carbocycles. The molecule has 0 bridgehead atoms. The molecular formula is C22H29NO3. The normalized spacial score (nSPS) is 12.0. The summed E-state index contributed by atoms with van der Waals surface area (Å²) in [5.41, 5.74) is 1.70. The van der Waals surface area contributed by atoms with Crippen LogP contribution in [0.2, 0.25) is 0 Å². The Morgan fingerprint density at radius 3 is 2.31 bits per heavy atom. The highest BCUT2D eigenvalue weighted by molar-refractivity contribution is 6.01. The van der Waals surface area contributed by atoms with Gasteiger partial charge in [-0.15, -0.1) is 0 Å². The van der Waals surface area contributed by atoms with Gasteiger partial charge < -0.3 is 14.4 Å². The van der Waals surface area contributed by atoms with Crippen LogP contribution in [-0.2, 0) is 0 Å². The van der Waals surface area contributed by atoms with Gasteiger partial charge in [0.1, 0.15) is 0 Å². The predicted octanol–water partition coefficient (Wildman–Crippen LogP) is 4.40. The quantitative estimate of drug-likeness (QED) is 0.592. The van der Waals surface area contributed by atoms with Crippen LogP contribution in [0.25, 0.3) is 0 Å². The zero-order valence-electron chi connectivity index (χ0n) is 16.2. The van der Waals surface area contributed by atoms with E-state index in [0.717, 1.165) is 37.1 Å². The maximum absolute atomic E-state index is 13.2. The summed E-state index contributed by atoms with van der Waals surface area (Å²) >= 11 is 0. The summed E-state index contributed by atoms with van der Waals surface area (Å²) in [6.07, 6.45) is 1.86. The third-order valence-electron chi connectivity index (χ3n) is 4.59. The average Bonchev–Trinajstić information content (AvgIpc) is 2.68. The second kappa shape index (κ2) is 9.97. The highest BCUT2D eigenvalue weighted by Gasteiger charge is 2.23. The van der Waals surface area contributed by atoms with E-state index < -0.39 is 0 Å². The Kier molecular flexibility index (Phi) is 7.67. The molecule has 0 radical (unpaired) electrons.